The van der Waals surface area contributed by atoms with Crippen LogP contribution in [0.1, 0.15) is 37.7 Å². The molecule has 6 nitrogen and oxygen atoms in total. The lowest BCUT2D eigenvalue weighted by Crippen LogP contribution is -2.10. The molecule has 0 fully saturated rings. The zero-order valence-electron chi connectivity index (χ0n) is 14.8. The summed E-state index contributed by atoms with van der Waals surface area (Å²) in [7, 11) is 1.33. The quantitative estimate of drug-likeness (QED) is 0.572. The molecule has 0 bridgehead atoms. The Morgan fingerprint density at radius 2 is 1.74 bits per heavy atom. The molecule has 3 aromatic rings. The molecule has 1 aromatic heterocycles. The van der Waals surface area contributed by atoms with Gasteiger partial charge < -0.3 is 14.6 Å². The third-order valence-electron chi connectivity index (χ3n) is 3.61. The predicted molar refractivity (Wildman–Crippen MR) is 99.4 cm³/mol. The standard InChI is InChI=1S/C21H16N2O4/c1-14-11-19(27-23-14)20(24)22-18-8-4-6-16(13-18)10-9-15-5-3-7-17(12-15)21(25)26-2/h3-8,11-13H,1-2H3,(H,22,24). The summed E-state index contributed by atoms with van der Waals surface area (Å²) in [5.41, 5.74) is 3.06. The van der Waals surface area contributed by atoms with Crippen LogP contribution in [-0.2, 0) is 4.74 Å². The first-order valence-electron chi connectivity index (χ1n) is 8.10. The molecule has 0 saturated carbocycles. The number of aromatic nitrogens is 1. The van der Waals surface area contributed by atoms with Crippen LogP contribution in [0.5, 0.6) is 0 Å². The Kier molecular flexibility index (Phi) is 5.33. The molecule has 0 radical (unpaired) electrons. The molecular formula is C21H16N2O4. The van der Waals surface area contributed by atoms with E-state index in [4.69, 9.17) is 9.26 Å². The lowest BCUT2D eigenvalue weighted by molar-refractivity contribution is 0.0600. The van der Waals surface area contributed by atoms with Crippen LogP contribution in [0.3, 0.4) is 0 Å². The van der Waals surface area contributed by atoms with Crippen molar-refractivity contribution in [2.75, 3.05) is 12.4 Å². The van der Waals surface area contributed by atoms with Crippen LogP contribution in [0.15, 0.2) is 59.1 Å². The zero-order valence-corrected chi connectivity index (χ0v) is 14.8. The lowest BCUT2D eigenvalue weighted by Gasteiger charge is -2.03. The maximum atomic E-state index is 12.1. The smallest absolute Gasteiger partial charge is 0.337 e. The van der Waals surface area contributed by atoms with E-state index in [2.05, 4.69) is 22.3 Å². The number of anilines is 1. The maximum Gasteiger partial charge on any atom is 0.337 e. The van der Waals surface area contributed by atoms with E-state index in [1.807, 2.05) is 6.07 Å². The van der Waals surface area contributed by atoms with E-state index in [1.165, 1.54) is 7.11 Å². The SMILES string of the molecule is COC(=O)c1cccc(C#Cc2cccc(NC(=O)c3cc(C)no3)c2)c1. The number of nitrogens with zero attached hydrogens (tertiary/aromatic N) is 1. The molecule has 2 aromatic carbocycles. The lowest BCUT2D eigenvalue weighted by atomic mass is 10.1. The molecule has 0 aliphatic heterocycles. The fourth-order valence-electron chi connectivity index (χ4n) is 2.32. The van der Waals surface area contributed by atoms with Gasteiger partial charge in [0, 0.05) is 22.9 Å². The summed E-state index contributed by atoms with van der Waals surface area (Å²) in [4.78, 5) is 23.7. The molecule has 0 unspecified atom stereocenters. The number of hydrogen-bond donors (Lipinski definition) is 1. The van der Waals surface area contributed by atoms with Crippen LogP contribution in [0.2, 0.25) is 0 Å². The zero-order chi connectivity index (χ0) is 19.2. The van der Waals surface area contributed by atoms with Gasteiger partial charge in [0.05, 0.1) is 18.4 Å². The van der Waals surface area contributed by atoms with E-state index in [9.17, 15) is 9.59 Å². The van der Waals surface area contributed by atoms with Crippen molar-refractivity contribution in [3.05, 3.63) is 82.7 Å². The van der Waals surface area contributed by atoms with Crippen LogP contribution in [0.4, 0.5) is 5.69 Å². The van der Waals surface area contributed by atoms with Crippen LogP contribution in [-0.4, -0.2) is 24.1 Å². The first kappa shape index (κ1) is 18.0. The topological polar surface area (TPSA) is 81.4 Å². The molecule has 0 atom stereocenters. The Hall–Kier alpha value is -3.85. The van der Waals surface area contributed by atoms with Gasteiger partial charge in [-0.15, -0.1) is 0 Å². The van der Waals surface area contributed by atoms with Gasteiger partial charge in [0.2, 0.25) is 5.76 Å². The van der Waals surface area contributed by atoms with E-state index >= 15 is 0 Å². The van der Waals surface area contributed by atoms with E-state index in [0.717, 1.165) is 0 Å². The van der Waals surface area contributed by atoms with Crippen molar-refractivity contribution in [2.45, 2.75) is 6.92 Å². The second-order valence-corrected chi connectivity index (χ2v) is 5.69. The molecule has 1 heterocycles. The van der Waals surface area contributed by atoms with Gasteiger partial charge in [0.15, 0.2) is 0 Å². The molecule has 134 valence electrons. The number of nitrogens with one attached hydrogen (secondary N) is 1. The number of carbonyl (C=O) groups excluding carboxylic acids is 2. The van der Waals surface area contributed by atoms with Crippen LogP contribution in [0, 0.1) is 18.8 Å². The number of benzene rings is 2. The minimum atomic E-state index is -0.411. The van der Waals surface area contributed by atoms with Crippen molar-refractivity contribution in [3.63, 3.8) is 0 Å². The fraction of sp³-hybridized carbons (Fsp3) is 0.0952. The fourth-order valence-corrected chi connectivity index (χ4v) is 2.32. The molecule has 0 aliphatic carbocycles. The number of hydrogen-bond acceptors (Lipinski definition) is 5. The highest BCUT2D eigenvalue weighted by molar-refractivity contribution is 6.02. The molecular weight excluding hydrogens is 344 g/mol. The van der Waals surface area contributed by atoms with Gasteiger partial charge in [-0.25, -0.2) is 4.79 Å². The van der Waals surface area contributed by atoms with Gasteiger partial charge in [-0.3, -0.25) is 4.79 Å². The van der Waals surface area contributed by atoms with Crippen molar-refractivity contribution in [3.8, 4) is 11.8 Å². The number of aryl methyl sites for hydroxylation is 1. The van der Waals surface area contributed by atoms with Gasteiger partial charge >= 0.3 is 5.97 Å². The first-order chi connectivity index (χ1) is 13.0. The van der Waals surface area contributed by atoms with Crippen molar-refractivity contribution in [1.82, 2.24) is 5.16 Å². The van der Waals surface area contributed by atoms with E-state index in [0.29, 0.717) is 28.1 Å². The highest BCUT2D eigenvalue weighted by Crippen LogP contribution is 2.13. The highest BCUT2D eigenvalue weighted by atomic mass is 16.5. The molecule has 3 rings (SSSR count). The van der Waals surface area contributed by atoms with Gasteiger partial charge in [0.25, 0.3) is 5.91 Å². The van der Waals surface area contributed by atoms with Crippen molar-refractivity contribution >= 4 is 17.6 Å². The number of amides is 1. The van der Waals surface area contributed by atoms with E-state index in [-0.39, 0.29) is 11.7 Å². The summed E-state index contributed by atoms with van der Waals surface area (Å²) in [6.07, 6.45) is 0. The minimum absolute atomic E-state index is 0.142. The van der Waals surface area contributed by atoms with Crippen molar-refractivity contribution in [2.24, 2.45) is 0 Å². The van der Waals surface area contributed by atoms with Crippen LogP contribution in [0.25, 0.3) is 0 Å². The largest absolute Gasteiger partial charge is 0.465 e. The van der Waals surface area contributed by atoms with Gasteiger partial charge in [-0.05, 0) is 43.3 Å². The predicted octanol–water partition coefficient (Wildman–Crippen LogP) is 3.42. The Morgan fingerprint density at radius 3 is 2.41 bits per heavy atom. The molecule has 6 heteroatoms. The molecule has 1 N–H and O–H groups in total. The van der Waals surface area contributed by atoms with Crippen LogP contribution >= 0.6 is 0 Å². The van der Waals surface area contributed by atoms with E-state index < -0.39 is 5.97 Å². The molecule has 0 aliphatic rings. The Labute approximate surface area is 156 Å². The van der Waals surface area contributed by atoms with Crippen molar-refractivity contribution < 1.29 is 18.8 Å². The summed E-state index contributed by atoms with van der Waals surface area (Å²) < 4.78 is 9.65. The van der Waals surface area contributed by atoms with Gasteiger partial charge in [-0.1, -0.05) is 29.1 Å². The number of esters is 1. The molecule has 1 amide bonds. The summed E-state index contributed by atoms with van der Waals surface area (Å²) >= 11 is 0. The monoisotopic (exact) mass is 360 g/mol. The number of methoxy groups -OCH3 is 1. The first-order valence-corrected chi connectivity index (χ1v) is 8.10. The third-order valence-corrected chi connectivity index (χ3v) is 3.61. The molecule has 27 heavy (non-hydrogen) atoms. The Bertz CT molecular complexity index is 1060. The number of ether oxygens (including phenoxy) is 1. The van der Waals surface area contributed by atoms with E-state index in [1.54, 1.807) is 55.5 Å². The summed E-state index contributed by atoms with van der Waals surface area (Å²) in [5, 5.41) is 6.43. The maximum absolute atomic E-state index is 12.1. The van der Waals surface area contributed by atoms with Crippen LogP contribution < -0.4 is 5.32 Å². The number of rotatable bonds is 3. The second-order valence-electron chi connectivity index (χ2n) is 5.69. The van der Waals surface area contributed by atoms with Crippen molar-refractivity contribution in [1.29, 1.82) is 0 Å². The average molecular weight is 360 g/mol. The Morgan fingerprint density at radius 1 is 1.04 bits per heavy atom. The Balaban J connectivity index is 1.76. The highest BCUT2D eigenvalue weighted by Gasteiger charge is 2.11. The summed E-state index contributed by atoms with van der Waals surface area (Å²) in [5.74, 6) is 5.36. The van der Waals surface area contributed by atoms with Gasteiger partial charge in [-0.2, -0.15) is 0 Å². The second kappa shape index (κ2) is 8.02. The molecule has 0 spiro atoms. The number of carbonyl (C=O) groups is 2. The summed E-state index contributed by atoms with van der Waals surface area (Å²) in [6.45, 7) is 1.74. The minimum Gasteiger partial charge on any atom is -0.465 e. The van der Waals surface area contributed by atoms with Gasteiger partial charge in [0.1, 0.15) is 0 Å². The average Bonchev–Trinajstić information content (AvgIpc) is 3.13. The normalized spacial score (nSPS) is 9.85. The summed E-state index contributed by atoms with van der Waals surface area (Å²) in [6, 6.07) is 15.6. The third kappa shape index (κ3) is 4.61. The molecule has 0 saturated heterocycles.